The molecule has 1 fully saturated rings. The lowest BCUT2D eigenvalue weighted by molar-refractivity contribution is -0.118. The Morgan fingerprint density at radius 3 is 2.94 bits per heavy atom. The molecule has 0 atom stereocenters. The quantitative estimate of drug-likeness (QED) is 0.808. The van der Waals surface area contributed by atoms with Gasteiger partial charge in [0.2, 0.25) is 11.9 Å². The van der Waals surface area contributed by atoms with E-state index in [0.29, 0.717) is 12.3 Å². The number of anilines is 1. The Hall–Kier alpha value is -1.84. The first-order valence-corrected chi connectivity index (χ1v) is 6.58. The number of amides is 1. The van der Waals surface area contributed by atoms with Crippen molar-refractivity contribution in [2.45, 2.75) is 25.8 Å². The Morgan fingerprint density at radius 2 is 2.11 bits per heavy atom. The highest BCUT2D eigenvalue weighted by atomic mass is 16.2. The summed E-state index contributed by atoms with van der Waals surface area (Å²) >= 11 is 0. The van der Waals surface area contributed by atoms with Crippen LogP contribution in [0, 0.1) is 5.92 Å². The largest absolute Gasteiger partial charge is 0.308 e. The number of hydrogen-bond acceptors (Lipinski definition) is 2. The summed E-state index contributed by atoms with van der Waals surface area (Å²) in [6, 6.07) is 8.08. The number of hydrogen-bond donors (Lipinski definition) is 0. The third-order valence-corrected chi connectivity index (χ3v) is 3.88. The highest BCUT2D eigenvalue weighted by Gasteiger charge is 2.32. The number of rotatable bonds is 2. The number of benzene rings is 1. The molecule has 2 heterocycles. The molecule has 2 aliphatic rings. The first kappa shape index (κ1) is 10.1. The summed E-state index contributed by atoms with van der Waals surface area (Å²) in [5.74, 6) is 1.71. The van der Waals surface area contributed by atoms with Gasteiger partial charge in [-0.1, -0.05) is 12.1 Å². The maximum Gasteiger partial charge on any atom is 0.229 e. The van der Waals surface area contributed by atoms with Gasteiger partial charge in [-0.15, -0.1) is 0 Å². The van der Waals surface area contributed by atoms with Crippen LogP contribution in [0.25, 0.3) is 11.0 Å². The van der Waals surface area contributed by atoms with Gasteiger partial charge < -0.3 is 4.57 Å². The molecule has 0 spiro atoms. The van der Waals surface area contributed by atoms with Crippen LogP contribution >= 0.6 is 0 Å². The third kappa shape index (κ3) is 1.45. The summed E-state index contributed by atoms with van der Waals surface area (Å²) < 4.78 is 2.15. The average molecular weight is 241 g/mol. The minimum absolute atomic E-state index is 0.242. The van der Waals surface area contributed by atoms with Crippen molar-refractivity contribution in [2.75, 3.05) is 11.4 Å². The van der Waals surface area contributed by atoms with Gasteiger partial charge in [0.15, 0.2) is 0 Å². The standard InChI is InChI=1S/C14H15N3O/c18-13(9-10-5-6-10)17-8-7-16-12-4-2-1-3-11(12)15-14(16)17/h1-4,10H,5-9H2. The fraction of sp³-hybridized carbons (Fsp3) is 0.429. The molecule has 4 heteroatoms. The van der Waals surface area contributed by atoms with Crippen LogP contribution in [0.2, 0.25) is 0 Å². The molecule has 1 amide bonds. The Morgan fingerprint density at radius 1 is 1.28 bits per heavy atom. The van der Waals surface area contributed by atoms with Gasteiger partial charge in [0.05, 0.1) is 11.0 Å². The number of imidazole rings is 1. The number of carbonyl (C=O) groups excluding carboxylic acids is 1. The van der Waals surface area contributed by atoms with Gasteiger partial charge >= 0.3 is 0 Å². The van der Waals surface area contributed by atoms with Gasteiger partial charge in [-0.05, 0) is 30.9 Å². The first-order chi connectivity index (χ1) is 8.83. The molecule has 0 bridgehead atoms. The Labute approximate surface area is 105 Å². The van der Waals surface area contributed by atoms with Gasteiger partial charge in [0.1, 0.15) is 0 Å². The summed E-state index contributed by atoms with van der Waals surface area (Å²) in [5, 5.41) is 0. The molecule has 0 unspecified atom stereocenters. The van der Waals surface area contributed by atoms with Crippen LogP contribution in [0.15, 0.2) is 24.3 Å². The molecular weight excluding hydrogens is 226 g/mol. The molecule has 18 heavy (non-hydrogen) atoms. The van der Waals surface area contributed by atoms with Crippen molar-refractivity contribution in [3.8, 4) is 0 Å². The molecule has 1 aromatic heterocycles. The van der Waals surface area contributed by atoms with E-state index >= 15 is 0 Å². The molecule has 1 saturated carbocycles. The zero-order valence-electron chi connectivity index (χ0n) is 10.2. The monoisotopic (exact) mass is 241 g/mol. The number of carbonyl (C=O) groups is 1. The van der Waals surface area contributed by atoms with Crippen molar-refractivity contribution in [1.82, 2.24) is 9.55 Å². The second kappa shape index (κ2) is 3.57. The molecule has 1 aliphatic carbocycles. The first-order valence-electron chi connectivity index (χ1n) is 6.58. The van der Waals surface area contributed by atoms with Gasteiger partial charge in [-0.3, -0.25) is 9.69 Å². The van der Waals surface area contributed by atoms with E-state index in [1.165, 1.54) is 12.8 Å². The third-order valence-electron chi connectivity index (χ3n) is 3.88. The SMILES string of the molecule is O=C(CC1CC1)N1CCn2c1nc1ccccc12. The Kier molecular flexibility index (Phi) is 2.01. The van der Waals surface area contributed by atoms with Crippen molar-refractivity contribution in [2.24, 2.45) is 5.92 Å². The highest BCUT2D eigenvalue weighted by Crippen LogP contribution is 2.34. The number of nitrogens with zero attached hydrogens (tertiary/aromatic N) is 3. The summed E-state index contributed by atoms with van der Waals surface area (Å²) in [4.78, 5) is 18.7. The molecular formula is C14H15N3O. The second-order valence-electron chi connectivity index (χ2n) is 5.25. The van der Waals surface area contributed by atoms with E-state index in [1.807, 2.05) is 23.1 Å². The van der Waals surface area contributed by atoms with E-state index in [-0.39, 0.29) is 5.91 Å². The van der Waals surface area contributed by atoms with Crippen LogP contribution in [0.4, 0.5) is 5.95 Å². The van der Waals surface area contributed by atoms with Crippen molar-refractivity contribution in [3.63, 3.8) is 0 Å². The van der Waals surface area contributed by atoms with Gasteiger partial charge in [0, 0.05) is 19.5 Å². The van der Waals surface area contributed by atoms with Crippen molar-refractivity contribution in [3.05, 3.63) is 24.3 Å². The van der Waals surface area contributed by atoms with Crippen molar-refractivity contribution >= 4 is 22.9 Å². The molecule has 2 aromatic rings. The smallest absolute Gasteiger partial charge is 0.229 e. The van der Waals surface area contributed by atoms with E-state index in [9.17, 15) is 4.79 Å². The van der Waals surface area contributed by atoms with Crippen LogP contribution < -0.4 is 4.90 Å². The predicted octanol–water partition coefficient (Wildman–Crippen LogP) is 2.18. The lowest BCUT2D eigenvalue weighted by Crippen LogP contribution is -2.29. The molecule has 4 rings (SSSR count). The summed E-state index contributed by atoms with van der Waals surface area (Å²) in [7, 11) is 0. The van der Waals surface area contributed by atoms with Crippen LogP contribution in [0.3, 0.4) is 0 Å². The van der Waals surface area contributed by atoms with Crippen molar-refractivity contribution < 1.29 is 4.79 Å². The zero-order chi connectivity index (χ0) is 12.1. The summed E-state index contributed by atoms with van der Waals surface area (Å²) in [6.07, 6.45) is 3.13. The molecule has 1 aromatic carbocycles. The Bertz CT molecular complexity index is 627. The zero-order valence-corrected chi connectivity index (χ0v) is 10.2. The lowest BCUT2D eigenvalue weighted by atomic mass is 10.2. The number of para-hydroxylation sites is 2. The van der Waals surface area contributed by atoms with Gasteiger partial charge in [-0.2, -0.15) is 0 Å². The fourth-order valence-electron chi connectivity index (χ4n) is 2.70. The minimum atomic E-state index is 0.242. The predicted molar refractivity (Wildman–Crippen MR) is 69.4 cm³/mol. The van der Waals surface area contributed by atoms with Gasteiger partial charge in [0.25, 0.3) is 0 Å². The molecule has 0 saturated heterocycles. The fourth-order valence-corrected chi connectivity index (χ4v) is 2.70. The number of fused-ring (bicyclic) bond motifs is 3. The topological polar surface area (TPSA) is 38.1 Å². The van der Waals surface area contributed by atoms with E-state index in [2.05, 4.69) is 15.6 Å². The second-order valence-corrected chi connectivity index (χ2v) is 5.25. The van der Waals surface area contributed by atoms with E-state index in [1.54, 1.807) is 0 Å². The van der Waals surface area contributed by atoms with E-state index < -0.39 is 0 Å². The summed E-state index contributed by atoms with van der Waals surface area (Å²) in [6.45, 7) is 1.64. The average Bonchev–Trinajstić information content (AvgIpc) is 2.97. The maximum atomic E-state index is 12.2. The van der Waals surface area contributed by atoms with Crippen LogP contribution in [-0.2, 0) is 11.3 Å². The van der Waals surface area contributed by atoms with E-state index in [0.717, 1.165) is 30.1 Å². The number of aromatic nitrogens is 2. The normalized spacial score (nSPS) is 18.3. The van der Waals surface area contributed by atoms with Crippen molar-refractivity contribution in [1.29, 1.82) is 0 Å². The van der Waals surface area contributed by atoms with E-state index in [4.69, 9.17) is 0 Å². The molecule has 0 radical (unpaired) electrons. The minimum Gasteiger partial charge on any atom is -0.308 e. The van der Waals surface area contributed by atoms with Crippen LogP contribution in [0.5, 0.6) is 0 Å². The van der Waals surface area contributed by atoms with Crippen LogP contribution in [0.1, 0.15) is 19.3 Å². The molecule has 1 aliphatic heterocycles. The highest BCUT2D eigenvalue weighted by molar-refractivity contribution is 5.95. The molecule has 0 N–H and O–H groups in total. The van der Waals surface area contributed by atoms with Gasteiger partial charge in [-0.25, -0.2) is 4.98 Å². The maximum absolute atomic E-state index is 12.2. The molecule has 4 nitrogen and oxygen atoms in total. The summed E-state index contributed by atoms with van der Waals surface area (Å²) in [5.41, 5.74) is 2.12. The van der Waals surface area contributed by atoms with Crippen LogP contribution in [-0.4, -0.2) is 22.0 Å². The Balaban J connectivity index is 1.72. The lowest BCUT2D eigenvalue weighted by Gasteiger charge is -2.13. The molecule has 92 valence electrons.